The number of carbonyl (C=O) groups is 2. The van der Waals surface area contributed by atoms with Gasteiger partial charge in [-0.3, -0.25) is 9.59 Å². The molecule has 2 atom stereocenters. The molecular formula is C31H38BrCl3N4O4. The topological polar surface area (TPSA) is 108 Å². The van der Waals surface area contributed by atoms with E-state index in [4.69, 9.17) is 44.3 Å². The summed E-state index contributed by atoms with van der Waals surface area (Å²) in [6, 6.07) is 3.88. The number of aromatic nitrogens is 2. The van der Waals surface area contributed by atoms with E-state index in [1.165, 1.54) is 6.92 Å². The normalized spacial score (nSPS) is 12.4. The van der Waals surface area contributed by atoms with Crippen LogP contribution in [0.15, 0.2) is 29.0 Å². The Morgan fingerprint density at radius 3 is 2.23 bits per heavy atom. The predicted octanol–water partition coefficient (Wildman–Crippen LogP) is 8.73. The van der Waals surface area contributed by atoms with Gasteiger partial charge in [-0.1, -0.05) is 62.0 Å². The number of rotatable bonds is 13. The number of H-pyrrole nitrogens is 2. The lowest BCUT2D eigenvalue weighted by molar-refractivity contribution is -0.119. The minimum Gasteiger partial charge on any atom is -0.495 e. The van der Waals surface area contributed by atoms with Crippen molar-refractivity contribution < 1.29 is 19.1 Å². The summed E-state index contributed by atoms with van der Waals surface area (Å²) in [5.74, 6) is 1.66. The van der Waals surface area contributed by atoms with Crippen molar-refractivity contribution in [2.75, 3.05) is 26.8 Å². The molecule has 2 amide bonds. The molecular weight excluding hydrogens is 679 g/mol. The molecule has 0 saturated carbocycles. The second-order valence-electron chi connectivity index (χ2n) is 10.2. The van der Waals surface area contributed by atoms with Crippen molar-refractivity contribution >= 4 is 84.9 Å². The van der Waals surface area contributed by atoms with E-state index < -0.39 is 0 Å². The van der Waals surface area contributed by atoms with Gasteiger partial charge < -0.3 is 30.1 Å². The molecule has 4 N–H and O–H groups in total. The average Bonchev–Trinajstić information content (AvgIpc) is 3.62. The highest BCUT2D eigenvalue weighted by Crippen LogP contribution is 2.42. The van der Waals surface area contributed by atoms with E-state index in [0.717, 1.165) is 62.4 Å². The molecule has 8 nitrogen and oxygen atoms in total. The summed E-state index contributed by atoms with van der Waals surface area (Å²) < 4.78 is 11.9. The summed E-state index contributed by atoms with van der Waals surface area (Å²) in [4.78, 5) is 28.0. The number of aromatic amines is 2. The Balaban J connectivity index is 0.000000242. The van der Waals surface area contributed by atoms with Gasteiger partial charge in [-0.25, -0.2) is 0 Å². The molecule has 2 aromatic carbocycles. The van der Waals surface area contributed by atoms with Crippen LogP contribution >= 0.6 is 50.7 Å². The van der Waals surface area contributed by atoms with Gasteiger partial charge in [-0.05, 0) is 52.0 Å². The third-order valence-corrected chi connectivity index (χ3v) is 9.50. The lowest BCUT2D eigenvalue weighted by Gasteiger charge is -2.16. The fourth-order valence-corrected chi connectivity index (χ4v) is 5.95. The number of nitrogens with one attached hydrogen (secondary N) is 4. The Kier molecular flexibility index (Phi) is 13.4. The highest BCUT2D eigenvalue weighted by Gasteiger charge is 2.20. The lowest BCUT2D eigenvalue weighted by Crippen LogP contribution is -2.25. The molecule has 0 saturated heterocycles. The van der Waals surface area contributed by atoms with Gasteiger partial charge in [-0.15, -0.1) is 0 Å². The minimum atomic E-state index is -0.0161. The maximum atomic E-state index is 11.2. The van der Waals surface area contributed by atoms with Crippen LogP contribution in [0.2, 0.25) is 15.1 Å². The van der Waals surface area contributed by atoms with Crippen LogP contribution in [-0.4, -0.2) is 49.1 Å². The third kappa shape index (κ3) is 8.32. The van der Waals surface area contributed by atoms with Crippen LogP contribution in [0.5, 0.6) is 11.5 Å². The largest absolute Gasteiger partial charge is 0.495 e. The number of carbonyl (C=O) groups excluding carboxylic acids is 2. The fourth-order valence-electron chi connectivity index (χ4n) is 4.80. The predicted molar refractivity (Wildman–Crippen MR) is 180 cm³/mol. The molecule has 4 rings (SSSR count). The number of fused-ring (bicyclic) bond motifs is 2. The summed E-state index contributed by atoms with van der Waals surface area (Å²) in [5, 5.41) is 9.03. The zero-order valence-corrected chi connectivity index (χ0v) is 28.8. The molecule has 43 heavy (non-hydrogen) atoms. The highest BCUT2D eigenvalue weighted by molar-refractivity contribution is 9.10. The summed E-state index contributed by atoms with van der Waals surface area (Å²) in [6.45, 7) is 9.64. The molecule has 2 aromatic heterocycles. The van der Waals surface area contributed by atoms with Crippen LogP contribution in [0.1, 0.15) is 69.9 Å². The molecule has 0 spiro atoms. The molecule has 234 valence electrons. The Labute approximate surface area is 275 Å². The maximum absolute atomic E-state index is 11.2. The number of methoxy groups -OCH3 is 1. The molecule has 0 aliphatic heterocycles. The number of amides is 2. The van der Waals surface area contributed by atoms with Crippen molar-refractivity contribution in [2.24, 2.45) is 0 Å². The first-order valence-electron chi connectivity index (χ1n) is 14.1. The molecule has 4 aromatic rings. The Morgan fingerprint density at radius 1 is 1.00 bits per heavy atom. The second kappa shape index (κ2) is 16.5. The summed E-state index contributed by atoms with van der Waals surface area (Å²) >= 11 is 22.4. The number of hydrogen-bond donors (Lipinski definition) is 4. The van der Waals surface area contributed by atoms with Crippen LogP contribution in [0.4, 0.5) is 0 Å². The molecule has 2 heterocycles. The van der Waals surface area contributed by atoms with Crippen molar-refractivity contribution in [1.82, 2.24) is 20.6 Å². The SMILES string of the molecule is CCCCOc1cc2c(C(CC)CNC(C)=O)c[nH]c2c(Cl)c1Br.COc1cc2c(C(C)CNC=O)c[nH]c2c(Cl)c1Cl. The van der Waals surface area contributed by atoms with E-state index in [2.05, 4.69) is 50.4 Å². The van der Waals surface area contributed by atoms with Gasteiger partial charge in [0.2, 0.25) is 12.3 Å². The van der Waals surface area contributed by atoms with Gasteiger partial charge in [0, 0.05) is 55.0 Å². The minimum absolute atomic E-state index is 0.0161. The Hall–Kier alpha value is -2.59. The summed E-state index contributed by atoms with van der Waals surface area (Å²) in [5.41, 5.74) is 3.88. The number of halogens is 4. The van der Waals surface area contributed by atoms with E-state index in [-0.39, 0.29) is 17.7 Å². The standard InChI is InChI=1S/C18H24BrClN2O2.C13H14Cl2N2O2/c1-4-6-7-24-15-8-13-14(12(5-2)9-21-11(3)23)10-22-18(13)17(20)16(15)19;1-7(4-16-6-18)9-5-17-13-8(9)3-10(19-2)11(14)12(13)15/h8,10,12,22H,4-7,9H2,1-3H3,(H,21,23);3,5-7,17H,4H2,1-2H3,(H,16,18). The number of unbranched alkanes of at least 4 members (excludes halogenated alkanes) is 1. The zero-order valence-electron chi connectivity index (χ0n) is 24.9. The molecule has 0 fully saturated rings. The van der Waals surface area contributed by atoms with Crippen molar-refractivity contribution in [2.45, 2.75) is 58.8 Å². The van der Waals surface area contributed by atoms with Crippen LogP contribution < -0.4 is 20.1 Å². The van der Waals surface area contributed by atoms with Crippen molar-refractivity contribution in [3.63, 3.8) is 0 Å². The van der Waals surface area contributed by atoms with Crippen LogP contribution in [0.25, 0.3) is 21.8 Å². The average molecular weight is 717 g/mol. The first kappa shape index (κ1) is 34.9. The quantitative estimate of drug-likeness (QED) is 0.0820. The van der Waals surface area contributed by atoms with Crippen molar-refractivity contribution in [3.05, 3.63) is 55.2 Å². The number of benzene rings is 2. The van der Waals surface area contributed by atoms with Gasteiger partial charge in [0.05, 0.1) is 39.3 Å². The van der Waals surface area contributed by atoms with E-state index in [9.17, 15) is 9.59 Å². The second-order valence-corrected chi connectivity index (χ2v) is 12.1. The maximum Gasteiger partial charge on any atom is 0.216 e. The van der Waals surface area contributed by atoms with Crippen LogP contribution in [0, 0.1) is 0 Å². The van der Waals surface area contributed by atoms with Gasteiger partial charge >= 0.3 is 0 Å². The Bertz CT molecular complexity index is 1560. The van der Waals surface area contributed by atoms with E-state index in [0.29, 0.717) is 46.9 Å². The zero-order chi connectivity index (χ0) is 31.7. The third-order valence-electron chi connectivity index (χ3n) is 7.26. The van der Waals surface area contributed by atoms with Crippen LogP contribution in [-0.2, 0) is 9.59 Å². The van der Waals surface area contributed by atoms with E-state index >= 15 is 0 Å². The van der Waals surface area contributed by atoms with Crippen molar-refractivity contribution in [3.8, 4) is 11.5 Å². The van der Waals surface area contributed by atoms with Gasteiger partial charge in [-0.2, -0.15) is 0 Å². The fraction of sp³-hybridized carbons (Fsp3) is 0.419. The smallest absolute Gasteiger partial charge is 0.216 e. The summed E-state index contributed by atoms with van der Waals surface area (Å²) in [7, 11) is 1.55. The van der Waals surface area contributed by atoms with Crippen molar-refractivity contribution in [1.29, 1.82) is 0 Å². The first-order valence-corrected chi connectivity index (χ1v) is 16.1. The molecule has 0 bridgehead atoms. The first-order chi connectivity index (χ1) is 20.6. The molecule has 0 aliphatic carbocycles. The summed E-state index contributed by atoms with van der Waals surface area (Å²) in [6.07, 6.45) is 7.56. The number of ether oxygens (including phenoxy) is 2. The molecule has 12 heteroatoms. The highest BCUT2D eigenvalue weighted by atomic mass is 79.9. The van der Waals surface area contributed by atoms with Crippen LogP contribution in [0.3, 0.4) is 0 Å². The van der Waals surface area contributed by atoms with E-state index in [1.807, 2.05) is 31.5 Å². The van der Waals surface area contributed by atoms with Gasteiger partial charge in [0.1, 0.15) is 16.5 Å². The van der Waals surface area contributed by atoms with Gasteiger partial charge in [0.15, 0.2) is 0 Å². The lowest BCUT2D eigenvalue weighted by atomic mass is 9.96. The molecule has 0 radical (unpaired) electrons. The molecule has 2 unspecified atom stereocenters. The molecule has 0 aliphatic rings. The number of hydrogen-bond acceptors (Lipinski definition) is 4. The Morgan fingerprint density at radius 2 is 1.63 bits per heavy atom. The van der Waals surface area contributed by atoms with Gasteiger partial charge in [0.25, 0.3) is 0 Å². The van der Waals surface area contributed by atoms with E-state index in [1.54, 1.807) is 7.11 Å². The monoisotopic (exact) mass is 714 g/mol.